The maximum absolute atomic E-state index is 9.87. The quantitative estimate of drug-likeness (QED) is 0.592. The van der Waals surface area contributed by atoms with E-state index in [9.17, 15) is 5.11 Å². The van der Waals surface area contributed by atoms with Gasteiger partial charge in [0.2, 0.25) is 0 Å². The molecule has 72 valence electrons. The van der Waals surface area contributed by atoms with Crippen molar-refractivity contribution >= 4 is 0 Å². The van der Waals surface area contributed by atoms with Crippen molar-refractivity contribution in [3.63, 3.8) is 0 Å². The second-order valence-corrected chi connectivity index (χ2v) is 5.46. The molecule has 1 saturated carbocycles. The third-order valence-electron chi connectivity index (χ3n) is 3.19. The molecule has 0 aromatic rings. The third kappa shape index (κ3) is 2.22. The zero-order valence-corrected chi connectivity index (χ0v) is 8.80. The van der Waals surface area contributed by atoms with Crippen molar-refractivity contribution < 1.29 is 5.11 Å². The first-order chi connectivity index (χ1) is 5.41. The van der Waals surface area contributed by atoms with Gasteiger partial charge in [0.05, 0.1) is 6.10 Å². The van der Waals surface area contributed by atoms with Gasteiger partial charge < -0.3 is 5.11 Å². The standard InChI is InChI=1S/C11H22O/c1-8-5-6-9(10(12)7-8)11(2,3)4/h8-10,12H,5-7H2,1-4H3/t8-,9+,10+/m0/s1. The minimum Gasteiger partial charge on any atom is -0.393 e. The summed E-state index contributed by atoms with van der Waals surface area (Å²) in [7, 11) is 0. The van der Waals surface area contributed by atoms with Gasteiger partial charge in [-0.2, -0.15) is 0 Å². The van der Waals surface area contributed by atoms with Crippen LogP contribution >= 0.6 is 0 Å². The first-order valence-corrected chi connectivity index (χ1v) is 5.09. The molecule has 0 spiro atoms. The van der Waals surface area contributed by atoms with Gasteiger partial charge in [0.25, 0.3) is 0 Å². The molecule has 0 unspecified atom stereocenters. The molecule has 1 rings (SSSR count). The molecule has 0 bridgehead atoms. The molecule has 3 atom stereocenters. The Bertz CT molecular complexity index is 146. The van der Waals surface area contributed by atoms with Gasteiger partial charge in [-0.25, -0.2) is 0 Å². The van der Waals surface area contributed by atoms with Gasteiger partial charge in [0.15, 0.2) is 0 Å². The van der Waals surface area contributed by atoms with E-state index in [-0.39, 0.29) is 11.5 Å². The van der Waals surface area contributed by atoms with Crippen LogP contribution in [0.15, 0.2) is 0 Å². The molecule has 1 N–H and O–H groups in total. The van der Waals surface area contributed by atoms with Crippen LogP contribution in [0.25, 0.3) is 0 Å². The van der Waals surface area contributed by atoms with E-state index in [0.29, 0.717) is 5.92 Å². The van der Waals surface area contributed by atoms with Crippen molar-refractivity contribution in [3.05, 3.63) is 0 Å². The van der Waals surface area contributed by atoms with Crippen molar-refractivity contribution in [2.75, 3.05) is 0 Å². The molecule has 1 nitrogen and oxygen atoms in total. The SMILES string of the molecule is C[C@H]1CC[C@@H](C(C)(C)C)[C@H](O)C1. The van der Waals surface area contributed by atoms with Crippen molar-refractivity contribution in [1.29, 1.82) is 0 Å². The molecule has 1 aliphatic rings. The summed E-state index contributed by atoms with van der Waals surface area (Å²) in [6.45, 7) is 8.94. The topological polar surface area (TPSA) is 20.2 Å². The van der Waals surface area contributed by atoms with Gasteiger partial charge in [0.1, 0.15) is 0 Å². The third-order valence-corrected chi connectivity index (χ3v) is 3.19. The van der Waals surface area contributed by atoms with Crippen molar-refractivity contribution in [2.24, 2.45) is 17.3 Å². The van der Waals surface area contributed by atoms with Crippen LogP contribution in [0.3, 0.4) is 0 Å². The summed E-state index contributed by atoms with van der Waals surface area (Å²) in [5.74, 6) is 1.23. The minimum atomic E-state index is -0.0613. The highest BCUT2D eigenvalue weighted by atomic mass is 16.3. The first kappa shape index (κ1) is 10.0. The van der Waals surface area contributed by atoms with Gasteiger partial charge in [-0.05, 0) is 30.1 Å². The summed E-state index contributed by atoms with van der Waals surface area (Å²) >= 11 is 0. The van der Waals surface area contributed by atoms with Gasteiger partial charge >= 0.3 is 0 Å². The van der Waals surface area contributed by atoms with Crippen LogP contribution in [0, 0.1) is 17.3 Å². The predicted molar refractivity (Wildman–Crippen MR) is 52.0 cm³/mol. The Morgan fingerprint density at radius 1 is 1.17 bits per heavy atom. The van der Waals surface area contributed by atoms with Gasteiger partial charge in [-0.15, -0.1) is 0 Å². The van der Waals surface area contributed by atoms with E-state index < -0.39 is 0 Å². The largest absolute Gasteiger partial charge is 0.393 e. The van der Waals surface area contributed by atoms with Gasteiger partial charge in [-0.1, -0.05) is 34.1 Å². The van der Waals surface area contributed by atoms with E-state index >= 15 is 0 Å². The number of rotatable bonds is 0. The van der Waals surface area contributed by atoms with Gasteiger partial charge in [0, 0.05) is 0 Å². The zero-order chi connectivity index (χ0) is 9.35. The lowest BCUT2D eigenvalue weighted by Crippen LogP contribution is -2.36. The summed E-state index contributed by atoms with van der Waals surface area (Å²) in [5.41, 5.74) is 0.277. The second-order valence-electron chi connectivity index (χ2n) is 5.46. The molecule has 1 fully saturated rings. The fourth-order valence-electron chi connectivity index (χ4n) is 2.36. The summed E-state index contributed by atoms with van der Waals surface area (Å²) in [6.07, 6.45) is 3.43. The average molecular weight is 170 g/mol. The Balaban J connectivity index is 2.57. The average Bonchev–Trinajstić information content (AvgIpc) is 1.83. The molecule has 0 heterocycles. The summed E-state index contributed by atoms with van der Waals surface area (Å²) < 4.78 is 0. The lowest BCUT2D eigenvalue weighted by atomic mass is 9.68. The first-order valence-electron chi connectivity index (χ1n) is 5.09. The Morgan fingerprint density at radius 3 is 2.17 bits per heavy atom. The maximum atomic E-state index is 9.87. The normalized spacial score (nSPS) is 38.2. The Labute approximate surface area is 76.2 Å². The van der Waals surface area contributed by atoms with Crippen molar-refractivity contribution in [3.8, 4) is 0 Å². The fraction of sp³-hybridized carbons (Fsp3) is 1.00. The molecule has 0 aromatic heterocycles. The minimum absolute atomic E-state index is 0.0613. The second kappa shape index (κ2) is 3.37. The highest BCUT2D eigenvalue weighted by Gasteiger charge is 2.34. The fourth-order valence-corrected chi connectivity index (χ4v) is 2.36. The van der Waals surface area contributed by atoms with Crippen molar-refractivity contribution in [2.45, 2.75) is 53.1 Å². The van der Waals surface area contributed by atoms with E-state index in [1.807, 2.05) is 0 Å². The molecule has 1 heteroatoms. The van der Waals surface area contributed by atoms with Gasteiger partial charge in [-0.3, -0.25) is 0 Å². The molecule has 1 aliphatic carbocycles. The summed E-state index contributed by atoms with van der Waals surface area (Å²) in [6, 6.07) is 0. The van der Waals surface area contributed by atoms with Crippen LogP contribution in [-0.4, -0.2) is 11.2 Å². The van der Waals surface area contributed by atoms with Crippen LogP contribution in [0.5, 0.6) is 0 Å². The Hall–Kier alpha value is -0.0400. The van der Waals surface area contributed by atoms with E-state index in [4.69, 9.17) is 0 Å². The number of aliphatic hydroxyl groups is 1. The zero-order valence-electron chi connectivity index (χ0n) is 8.80. The van der Waals surface area contributed by atoms with E-state index in [2.05, 4.69) is 27.7 Å². The lowest BCUT2D eigenvalue weighted by molar-refractivity contribution is -0.00549. The molecule has 0 amide bonds. The van der Waals surface area contributed by atoms with E-state index in [1.54, 1.807) is 0 Å². The number of hydrogen-bond donors (Lipinski definition) is 1. The molecule has 0 saturated heterocycles. The highest BCUT2D eigenvalue weighted by Crippen LogP contribution is 2.39. The lowest BCUT2D eigenvalue weighted by Gasteiger charge is -2.39. The number of aliphatic hydroxyl groups excluding tert-OH is 1. The summed E-state index contributed by atoms with van der Waals surface area (Å²) in [4.78, 5) is 0. The molecule has 0 aromatic carbocycles. The number of hydrogen-bond acceptors (Lipinski definition) is 1. The van der Waals surface area contributed by atoms with Crippen LogP contribution in [0.4, 0.5) is 0 Å². The predicted octanol–water partition coefficient (Wildman–Crippen LogP) is 2.83. The highest BCUT2D eigenvalue weighted by molar-refractivity contribution is 4.85. The summed E-state index contributed by atoms with van der Waals surface area (Å²) in [5, 5.41) is 9.87. The van der Waals surface area contributed by atoms with E-state index in [0.717, 1.165) is 12.3 Å². The monoisotopic (exact) mass is 170 g/mol. The molecule has 0 aliphatic heterocycles. The molecular weight excluding hydrogens is 148 g/mol. The van der Waals surface area contributed by atoms with Crippen LogP contribution in [0.1, 0.15) is 47.0 Å². The van der Waals surface area contributed by atoms with Crippen LogP contribution in [-0.2, 0) is 0 Å². The molecular formula is C11H22O. The van der Waals surface area contributed by atoms with E-state index in [1.165, 1.54) is 12.8 Å². The Morgan fingerprint density at radius 2 is 1.75 bits per heavy atom. The van der Waals surface area contributed by atoms with Crippen LogP contribution in [0.2, 0.25) is 0 Å². The van der Waals surface area contributed by atoms with Crippen molar-refractivity contribution in [1.82, 2.24) is 0 Å². The molecule has 12 heavy (non-hydrogen) atoms. The maximum Gasteiger partial charge on any atom is 0.0575 e. The smallest absolute Gasteiger partial charge is 0.0575 e. The Kier molecular flexibility index (Phi) is 2.82. The van der Waals surface area contributed by atoms with Crippen LogP contribution < -0.4 is 0 Å². The molecule has 0 radical (unpaired) electrons.